The van der Waals surface area contributed by atoms with Crippen LogP contribution in [0.3, 0.4) is 0 Å². The lowest BCUT2D eigenvalue weighted by molar-refractivity contribution is -0.160. The second-order valence-electron chi connectivity index (χ2n) is 5.98. The number of unbranched alkanes of at least 4 members (excludes halogenated alkanes) is 4. The average molecular weight is 414 g/mol. The summed E-state index contributed by atoms with van der Waals surface area (Å²) >= 11 is 0. The second-order valence-corrected chi connectivity index (χ2v) is 7.43. The molecule has 0 heterocycles. The highest BCUT2D eigenvalue weighted by Crippen LogP contribution is 2.43. The smallest absolute Gasteiger partial charge is 0.462 e. The molecule has 0 aromatic carbocycles. The third-order valence-corrected chi connectivity index (χ3v) is 4.27. The molecule has 160 valence electrons. The molecule has 0 bridgehead atoms. The first kappa shape index (κ1) is 26.0. The maximum atomic E-state index is 11.9. The van der Waals surface area contributed by atoms with Gasteiger partial charge in [0.25, 0.3) is 0 Å². The van der Waals surface area contributed by atoms with Crippen LogP contribution in [0.4, 0.5) is 0 Å². The van der Waals surface area contributed by atoms with Crippen molar-refractivity contribution in [3.05, 3.63) is 0 Å². The Labute approximate surface area is 159 Å². The molecule has 1 unspecified atom stereocenters. The number of hydrogen-bond donors (Lipinski definition) is 3. The number of aliphatic hydroxyl groups excluding tert-OH is 2. The standard InChI is InChI=1S/C16H31O10P/c1-3-4-5-6-7-8-16(20)26-15(11-23-13(2)18)12-25-27(21,22)24-10-14(19)9-17/h14-15,17,19H,3-12H2,1-2H3,(H,21,22)/t14-,15+/m0/s1. The van der Waals surface area contributed by atoms with E-state index in [0.717, 1.165) is 25.7 Å². The number of carbonyl (C=O) groups excluding carboxylic acids is 2. The maximum Gasteiger partial charge on any atom is 0.472 e. The van der Waals surface area contributed by atoms with Gasteiger partial charge < -0.3 is 24.6 Å². The van der Waals surface area contributed by atoms with Crippen molar-refractivity contribution < 1.29 is 47.8 Å². The fraction of sp³-hybridized carbons (Fsp3) is 0.875. The van der Waals surface area contributed by atoms with Crippen molar-refractivity contribution in [2.24, 2.45) is 0 Å². The lowest BCUT2D eigenvalue weighted by Crippen LogP contribution is -2.29. The SMILES string of the molecule is CCCCCCCC(=O)O[C@H](COC(C)=O)COP(=O)(O)OC[C@@H](O)CO. The van der Waals surface area contributed by atoms with Crippen LogP contribution < -0.4 is 0 Å². The van der Waals surface area contributed by atoms with E-state index in [1.165, 1.54) is 6.92 Å². The Balaban J connectivity index is 4.42. The number of hydrogen-bond acceptors (Lipinski definition) is 9. The molecule has 0 aliphatic carbocycles. The van der Waals surface area contributed by atoms with Crippen LogP contribution in [0.2, 0.25) is 0 Å². The summed E-state index contributed by atoms with van der Waals surface area (Å²) < 4.78 is 30.8. The number of aliphatic hydroxyl groups is 2. The zero-order chi connectivity index (χ0) is 20.7. The Kier molecular flexibility index (Phi) is 14.4. The van der Waals surface area contributed by atoms with Gasteiger partial charge in [0.05, 0.1) is 19.8 Å². The summed E-state index contributed by atoms with van der Waals surface area (Å²) in [4.78, 5) is 32.3. The quantitative estimate of drug-likeness (QED) is 0.192. The summed E-state index contributed by atoms with van der Waals surface area (Å²) in [5.41, 5.74) is 0. The van der Waals surface area contributed by atoms with Gasteiger partial charge in [0.15, 0.2) is 6.10 Å². The Hall–Kier alpha value is -1.03. The summed E-state index contributed by atoms with van der Waals surface area (Å²) in [6.07, 6.45) is 2.51. The minimum Gasteiger partial charge on any atom is -0.462 e. The number of phosphoric ester groups is 1. The van der Waals surface area contributed by atoms with Gasteiger partial charge in [0.1, 0.15) is 12.7 Å². The molecule has 0 aromatic heterocycles. The summed E-state index contributed by atoms with van der Waals surface area (Å²) in [6, 6.07) is 0. The normalized spacial score (nSPS) is 15.6. The van der Waals surface area contributed by atoms with Crippen molar-refractivity contribution in [3.8, 4) is 0 Å². The number of carbonyl (C=O) groups is 2. The van der Waals surface area contributed by atoms with Crippen molar-refractivity contribution in [1.29, 1.82) is 0 Å². The van der Waals surface area contributed by atoms with E-state index < -0.39 is 51.8 Å². The van der Waals surface area contributed by atoms with Crippen LogP contribution in [0.5, 0.6) is 0 Å². The van der Waals surface area contributed by atoms with Gasteiger partial charge in [-0.15, -0.1) is 0 Å². The maximum absolute atomic E-state index is 11.9. The van der Waals surface area contributed by atoms with Gasteiger partial charge in [-0.3, -0.25) is 18.6 Å². The molecule has 3 N–H and O–H groups in total. The summed E-state index contributed by atoms with van der Waals surface area (Å²) in [5.74, 6) is -1.14. The fourth-order valence-corrected chi connectivity index (χ4v) is 2.68. The summed E-state index contributed by atoms with van der Waals surface area (Å²) in [6.45, 7) is 1.11. The van der Waals surface area contributed by atoms with Gasteiger partial charge in [-0.2, -0.15) is 0 Å². The monoisotopic (exact) mass is 414 g/mol. The van der Waals surface area contributed by atoms with E-state index in [1.807, 2.05) is 0 Å². The Morgan fingerprint density at radius 2 is 1.67 bits per heavy atom. The van der Waals surface area contributed by atoms with Crippen LogP contribution >= 0.6 is 7.82 Å². The molecule has 0 aromatic rings. The Bertz CT molecular complexity index is 470. The molecule has 0 spiro atoms. The lowest BCUT2D eigenvalue weighted by atomic mass is 10.1. The van der Waals surface area contributed by atoms with E-state index in [-0.39, 0.29) is 13.0 Å². The molecule has 0 aliphatic heterocycles. The first-order chi connectivity index (χ1) is 12.7. The lowest BCUT2D eigenvalue weighted by Gasteiger charge is -2.20. The third kappa shape index (κ3) is 15.7. The summed E-state index contributed by atoms with van der Waals surface area (Å²) in [7, 11) is -4.54. The predicted molar refractivity (Wildman–Crippen MR) is 94.7 cm³/mol. The van der Waals surface area contributed by atoms with Crippen LogP contribution in [-0.2, 0) is 32.7 Å². The molecule has 0 saturated heterocycles. The minimum absolute atomic E-state index is 0.177. The fourth-order valence-electron chi connectivity index (χ4n) is 1.89. The Morgan fingerprint density at radius 3 is 2.26 bits per heavy atom. The van der Waals surface area contributed by atoms with Crippen molar-refractivity contribution in [2.75, 3.05) is 26.4 Å². The molecule has 0 aliphatic rings. The highest BCUT2D eigenvalue weighted by Gasteiger charge is 2.26. The van der Waals surface area contributed by atoms with E-state index in [2.05, 4.69) is 11.4 Å². The van der Waals surface area contributed by atoms with Gasteiger partial charge in [-0.05, 0) is 6.42 Å². The average Bonchev–Trinajstić information content (AvgIpc) is 2.61. The zero-order valence-electron chi connectivity index (χ0n) is 15.9. The highest BCUT2D eigenvalue weighted by molar-refractivity contribution is 7.47. The molecular weight excluding hydrogens is 383 g/mol. The van der Waals surface area contributed by atoms with E-state index in [9.17, 15) is 19.0 Å². The van der Waals surface area contributed by atoms with Crippen molar-refractivity contribution in [1.82, 2.24) is 0 Å². The molecule has 0 amide bonds. The van der Waals surface area contributed by atoms with Gasteiger partial charge in [-0.25, -0.2) is 4.57 Å². The molecule has 0 saturated carbocycles. The molecule has 11 heteroatoms. The van der Waals surface area contributed by atoms with Crippen molar-refractivity contribution in [3.63, 3.8) is 0 Å². The topological polar surface area (TPSA) is 149 Å². The van der Waals surface area contributed by atoms with Gasteiger partial charge in [0, 0.05) is 13.3 Å². The number of phosphoric acid groups is 1. The predicted octanol–water partition coefficient (Wildman–Crippen LogP) is 1.31. The first-order valence-electron chi connectivity index (χ1n) is 8.93. The molecule has 27 heavy (non-hydrogen) atoms. The summed E-state index contributed by atoms with van der Waals surface area (Å²) in [5, 5.41) is 17.8. The van der Waals surface area contributed by atoms with Gasteiger partial charge >= 0.3 is 19.8 Å². The highest BCUT2D eigenvalue weighted by atomic mass is 31.2. The largest absolute Gasteiger partial charge is 0.472 e. The Morgan fingerprint density at radius 1 is 1.04 bits per heavy atom. The number of rotatable bonds is 16. The molecule has 10 nitrogen and oxygen atoms in total. The van der Waals surface area contributed by atoms with Crippen molar-refractivity contribution in [2.45, 2.75) is 64.6 Å². The van der Waals surface area contributed by atoms with E-state index in [1.54, 1.807) is 0 Å². The first-order valence-corrected chi connectivity index (χ1v) is 10.4. The molecule has 3 atom stereocenters. The number of esters is 2. The van der Waals surface area contributed by atoms with E-state index >= 15 is 0 Å². The van der Waals surface area contributed by atoms with Gasteiger partial charge in [0.2, 0.25) is 0 Å². The number of ether oxygens (including phenoxy) is 2. The second kappa shape index (κ2) is 15.0. The molecule has 0 radical (unpaired) electrons. The molecular formula is C16H31O10P. The van der Waals surface area contributed by atoms with Crippen molar-refractivity contribution >= 4 is 19.8 Å². The van der Waals surface area contributed by atoms with Crippen LogP contribution in [0, 0.1) is 0 Å². The third-order valence-electron chi connectivity index (χ3n) is 3.32. The van der Waals surface area contributed by atoms with E-state index in [4.69, 9.17) is 24.2 Å². The minimum atomic E-state index is -4.54. The zero-order valence-corrected chi connectivity index (χ0v) is 16.8. The van der Waals surface area contributed by atoms with Gasteiger partial charge in [-0.1, -0.05) is 32.6 Å². The molecule has 0 fully saturated rings. The van der Waals surface area contributed by atoms with Crippen LogP contribution in [0.25, 0.3) is 0 Å². The van der Waals surface area contributed by atoms with Crippen LogP contribution in [0.15, 0.2) is 0 Å². The molecule has 0 rings (SSSR count). The van der Waals surface area contributed by atoms with E-state index in [0.29, 0.717) is 6.42 Å². The van der Waals surface area contributed by atoms with Crippen LogP contribution in [0.1, 0.15) is 52.4 Å². The van der Waals surface area contributed by atoms with Crippen LogP contribution in [-0.4, -0.2) is 65.7 Å².